The highest BCUT2D eigenvalue weighted by Crippen LogP contribution is 2.45. The summed E-state index contributed by atoms with van der Waals surface area (Å²) in [5.41, 5.74) is 0. The molecule has 18 heteroatoms. The van der Waals surface area contributed by atoms with Gasteiger partial charge >= 0.3 is 33.6 Å². The number of aliphatic hydroxyl groups excluding tert-OH is 2. The molecule has 0 saturated heterocycles. The molecule has 5 unspecified atom stereocenters. The summed E-state index contributed by atoms with van der Waals surface area (Å²) >= 11 is 0. The molecule has 0 radical (unpaired) electrons. The minimum absolute atomic E-state index is 0.0861. The highest BCUT2D eigenvalue weighted by molar-refractivity contribution is 7.47. The van der Waals surface area contributed by atoms with E-state index < -0.39 is 91.5 Å². The molecular formula is C103H170O16P2. The van der Waals surface area contributed by atoms with Crippen molar-refractivity contribution in [1.29, 1.82) is 0 Å². The van der Waals surface area contributed by atoms with Gasteiger partial charge in [0.05, 0.1) is 26.4 Å². The molecule has 0 spiro atoms. The first-order valence-corrected chi connectivity index (χ1v) is 50.4. The molecule has 0 aliphatic carbocycles. The maximum absolute atomic E-state index is 13.1. The fraction of sp³-hybridized carbons (Fsp3) is 0.641. The number of esters is 3. The van der Waals surface area contributed by atoms with E-state index in [1.807, 2.05) is 0 Å². The van der Waals surface area contributed by atoms with E-state index in [1.165, 1.54) is 103 Å². The summed E-state index contributed by atoms with van der Waals surface area (Å²) in [6, 6.07) is 0. The Morgan fingerprint density at radius 1 is 0.231 bits per heavy atom. The van der Waals surface area contributed by atoms with E-state index in [1.54, 1.807) is 0 Å². The number of allylic oxidation sites excluding steroid dienone is 34. The van der Waals surface area contributed by atoms with Crippen molar-refractivity contribution in [3.8, 4) is 0 Å². The second-order valence-electron chi connectivity index (χ2n) is 31.0. The predicted octanol–water partition coefficient (Wildman–Crippen LogP) is 29.6. The monoisotopic (exact) mass is 1730 g/mol. The Kier molecular flexibility index (Phi) is 88.8. The number of carbonyl (C=O) groups is 3. The Labute approximate surface area is 737 Å². The fourth-order valence-corrected chi connectivity index (χ4v) is 14.0. The number of phosphoric acid groups is 2. The number of unbranched alkanes of at least 4 members (excludes halogenated alkanes) is 31. The van der Waals surface area contributed by atoms with Gasteiger partial charge in [-0.1, -0.05) is 388 Å². The van der Waals surface area contributed by atoms with Crippen LogP contribution in [-0.2, 0) is 55.8 Å². The topological polar surface area (TPSA) is 231 Å². The summed E-state index contributed by atoms with van der Waals surface area (Å²) in [4.78, 5) is 59.1. The van der Waals surface area contributed by atoms with Crippen molar-refractivity contribution in [2.75, 3.05) is 39.6 Å². The maximum atomic E-state index is 13.1. The van der Waals surface area contributed by atoms with Gasteiger partial charge in [-0.25, -0.2) is 9.13 Å². The Balaban J connectivity index is 4.60. The van der Waals surface area contributed by atoms with Crippen LogP contribution in [0.4, 0.5) is 0 Å². The summed E-state index contributed by atoms with van der Waals surface area (Å²) in [7, 11) is -9.83. The number of rotatable bonds is 88. The van der Waals surface area contributed by atoms with Crippen molar-refractivity contribution >= 4 is 33.6 Å². The smallest absolute Gasteiger partial charge is 0.463 e. The minimum Gasteiger partial charge on any atom is -0.463 e. The molecule has 0 aromatic carbocycles. The molecule has 0 bridgehead atoms. The van der Waals surface area contributed by atoms with Gasteiger partial charge in [-0.05, 0) is 167 Å². The van der Waals surface area contributed by atoms with Crippen LogP contribution >= 0.6 is 15.6 Å². The van der Waals surface area contributed by atoms with Gasteiger partial charge in [0.25, 0.3) is 0 Å². The first kappa shape index (κ1) is 115. The van der Waals surface area contributed by atoms with E-state index in [0.717, 1.165) is 205 Å². The van der Waals surface area contributed by atoms with Crippen LogP contribution in [0.1, 0.15) is 367 Å². The van der Waals surface area contributed by atoms with E-state index in [4.69, 9.17) is 32.3 Å². The summed E-state index contributed by atoms with van der Waals surface area (Å²) < 4.78 is 61.5. The van der Waals surface area contributed by atoms with E-state index in [0.29, 0.717) is 19.3 Å². The van der Waals surface area contributed by atoms with Gasteiger partial charge in [0.15, 0.2) is 6.10 Å². The van der Waals surface area contributed by atoms with Crippen molar-refractivity contribution in [3.63, 3.8) is 0 Å². The lowest BCUT2D eigenvalue weighted by Crippen LogP contribution is -2.30. The fourth-order valence-electron chi connectivity index (χ4n) is 12.4. The number of phosphoric ester groups is 2. The average molecular weight is 1730 g/mol. The Morgan fingerprint density at radius 2 is 0.413 bits per heavy atom. The van der Waals surface area contributed by atoms with Crippen molar-refractivity contribution in [2.45, 2.75) is 386 Å². The molecule has 0 aromatic heterocycles. The summed E-state index contributed by atoms with van der Waals surface area (Å²) in [6.07, 6.45) is 126. The van der Waals surface area contributed by atoms with Crippen LogP contribution in [0, 0.1) is 0 Å². The highest BCUT2D eigenvalue weighted by atomic mass is 31.2. The van der Waals surface area contributed by atoms with Gasteiger partial charge in [-0.15, -0.1) is 0 Å². The molecule has 0 heterocycles. The second-order valence-corrected chi connectivity index (χ2v) is 33.9. The quantitative estimate of drug-likeness (QED) is 0.0146. The molecule has 0 aliphatic heterocycles. The standard InChI is InChI=1S/C103H170O16P2/c1-4-7-10-13-16-19-22-25-28-31-34-37-40-43-44-45-46-47-48-49-50-51-52-55-57-59-62-65-68-71-74-77-80-83-86-89-101(106)113-92-98(104)93-115-120(109,110)116-94-99(105)95-117-121(111,112)118-97-100(119-103(108)91-88-85-82-79-76-73-70-67-64-61-58-54-42-39-36-33-30-27-24-21-18-15-12-9-6-3)96-114-102(107)90-87-84-81-78-75-72-69-66-63-60-56-53-41-38-35-32-29-26-23-20-17-14-11-8-5-2/h7-12,16-21,25-30,34-39,43-44,46-47,53-54,56,58,63,66,98-100,104-105H,4-6,13-15,22-24,31-33,40-42,45,48-52,55,57,59-62,64-65,67-97H2,1-3H3,(H,109,110)(H,111,112)/b10-7-,11-8-,12-9-,19-16-,20-17-,21-18-,28-25-,29-26-,30-27-,37-34-,38-35-,39-36-,44-43-,47-46-,56-53-,58-54-,66-63-. The molecule has 0 rings (SSSR count). The van der Waals surface area contributed by atoms with E-state index in [2.05, 4.69) is 227 Å². The predicted molar refractivity (Wildman–Crippen MR) is 509 cm³/mol. The molecule has 688 valence electrons. The van der Waals surface area contributed by atoms with Crippen LogP contribution < -0.4 is 0 Å². The third kappa shape index (κ3) is 94.6. The highest BCUT2D eigenvalue weighted by Gasteiger charge is 2.29. The first-order chi connectivity index (χ1) is 59.2. The number of carbonyl (C=O) groups excluding carboxylic acids is 3. The zero-order valence-corrected chi connectivity index (χ0v) is 77.7. The van der Waals surface area contributed by atoms with Gasteiger partial charge in [0, 0.05) is 19.3 Å². The van der Waals surface area contributed by atoms with Crippen LogP contribution in [0.25, 0.3) is 0 Å². The number of aliphatic hydroxyl groups is 2. The minimum atomic E-state index is -4.95. The number of hydrogen-bond donors (Lipinski definition) is 4. The third-order valence-electron chi connectivity index (χ3n) is 19.5. The molecule has 121 heavy (non-hydrogen) atoms. The van der Waals surface area contributed by atoms with Crippen molar-refractivity contribution in [3.05, 3.63) is 207 Å². The Hall–Kier alpha value is -5.87. The van der Waals surface area contributed by atoms with E-state index >= 15 is 0 Å². The molecular weight excluding hydrogens is 1560 g/mol. The molecule has 0 aromatic rings. The number of ether oxygens (including phenoxy) is 3. The Bertz CT molecular complexity index is 3030. The second kappa shape index (κ2) is 93.3. The average Bonchev–Trinajstić information content (AvgIpc) is 0.901. The summed E-state index contributed by atoms with van der Waals surface area (Å²) in [6.45, 7) is 2.34. The summed E-state index contributed by atoms with van der Waals surface area (Å²) in [5, 5.41) is 20.8. The Morgan fingerprint density at radius 3 is 0.653 bits per heavy atom. The van der Waals surface area contributed by atoms with Crippen molar-refractivity contribution in [1.82, 2.24) is 0 Å². The molecule has 0 fully saturated rings. The molecule has 0 aliphatic rings. The zero-order valence-electron chi connectivity index (χ0n) is 75.9. The molecule has 0 saturated carbocycles. The van der Waals surface area contributed by atoms with E-state index in [9.17, 15) is 43.5 Å². The van der Waals surface area contributed by atoms with Gasteiger partial charge in [0.2, 0.25) is 0 Å². The normalized spacial score (nSPS) is 14.7. The van der Waals surface area contributed by atoms with E-state index in [-0.39, 0.29) is 19.3 Å². The SMILES string of the molecule is CC/C=C\C/C=C\C/C=C\C/C=C\C/C=C\C/C=C\CCCCCCCCCCCCCCCCCCC(=O)OCC(O)COP(=O)(O)OCC(O)COP(=O)(O)OCC(COC(=O)CCCCCCCC/C=C\C/C=C\C/C=C\C/C=C\C/C=C\C/C=C\CC)OC(=O)CCCCCCCCCCC/C=C\C/C=C\C/C=C\C/C=C\C/C=C\CC. The molecule has 4 N–H and O–H groups in total. The van der Waals surface area contributed by atoms with Gasteiger partial charge in [-0.2, -0.15) is 0 Å². The third-order valence-corrected chi connectivity index (χ3v) is 21.4. The van der Waals surface area contributed by atoms with Gasteiger partial charge < -0.3 is 34.2 Å². The lowest BCUT2D eigenvalue weighted by molar-refractivity contribution is -0.161. The molecule has 5 atom stereocenters. The maximum Gasteiger partial charge on any atom is 0.472 e. The van der Waals surface area contributed by atoms with Gasteiger partial charge in [-0.3, -0.25) is 32.5 Å². The largest absolute Gasteiger partial charge is 0.472 e. The number of hydrogen-bond acceptors (Lipinski definition) is 14. The zero-order chi connectivity index (χ0) is 87.9. The van der Waals surface area contributed by atoms with Crippen LogP contribution in [0.15, 0.2) is 207 Å². The van der Waals surface area contributed by atoms with Crippen LogP contribution in [-0.4, -0.2) is 95.9 Å². The lowest BCUT2D eigenvalue weighted by atomic mass is 10.0. The summed E-state index contributed by atoms with van der Waals surface area (Å²) in [5.74, 6) is -1.60. The lowest BCUT2D eigenvalue weighted by Gasteiger charge is -2.21. The van der Waals surface area contributed by atoms with Crippen LogP contribution in [0.3, 0.4) is 0 Å². The van der Waals surface area contributed by atoms with Crippen molar-refractivity contribution in [2.24, 2.45) is 0 Å². The first-order valence-electron chi connectivity index (χ1n) is 47.4. The van der Waals surface area contributed by atoms with Crippen LogP contribution in [0.5, 0.6) is 0 Å². The molecule has 0 amide bonds. The van der Waals surface area contributed by atoms with Crippen LogP contribution in [0.2, 0.25) is 0 Å². The van der Waals surface area contributed by atoms with Crippen molar-refractivity contribution < 1.29 is 75.8 Å². The molecule has 16 nitrogen and oxygen atoms in total. The van der Waals surface area contributed by atoms with Gasteiger partial charge in [0.1, 0.15) is 25.4 Å².